The number of hydrogen-bond donors (Lipinski definition) is 1. The summed E-state index contributed by atoms with van der Waals surface area (Å²) >= 11 is 0. The zero-order valence-electron chi connectivity index (χ0n) is 14.9. The number of nitrogens with zero attached hydrogens (tertiary/aromatic N) is 2. The molecule has 3 fully saturated rings. The number of benzene rings is 1. The molecule has 1 heterocycles. The van der Waals surface area contributed by atoms with Crippen LogP contribution in [0.1, 0.15) is 44.4 Å². The Morgan fingerprint density at radius 3 is 2.85 bits per heavy atom. The highest BCUT2D eigenvalue weighted by atomic mass is 16.5. The van der Waals surface area contributed by atoms with E-state index in [1.54, 1.807) is 0 Å². The summed E-state index contributed by atoms with van der Waals surface area (Å²) in [5, 5.41) is 7.32. The zero-order valence-corrected chi connectivity index (χ0v) is 14.9. The molecule has 1 N–H and O–H groups in total. The Balaban J connectivity index is 1.15. The van der Waals surface area contributed by atoms with Crippen LogP contribution in [0.25, 0.3) is 11.4 Å². The van der Waals surface area contributed by atoms with E-state index >= 15 is 0 Å². The average molecular weight is 351 g/mol. The summed E-state index contributed by atoms with van der Waals surface area (Å²) in [6.07, 6.45) is 7.64. The van der Waals surface area contributed by atoms with Crippen molar-refractivity contribution in [2.45, 2.75) is 51.0 Å². The molecule has 3 saturated carbocycles. The van der Waals surface area contributed by atoms with Gasteiger partial charge in [0.25, 0.3) is 0 Å². The van der Waals surface area contributed by atoms with Crippen LogP contribution in [0.15, 0.2) is 34.9 Å². The van der Waals surface area contributed by atoms with Crippen LogP contribution in [-0.2, 0) is 11.2 Å². The molecule has 0 unspecified atom stereocenters. The van der Waals surface area contributed by atoms with Crippen molar-refractivity contribution in [3.8, 4) is 11.4 Å². The van der Waals surface area contributed by atoms with Crippen LogP contribution in [-0.4, -0.2) is 22.1 Å². The molecule has 1 amide bonds. The van der Waals surface area contributed by atoms with E-state index in [0.29, 0.717) is 30.6 Å². The first kappa shape index (κ1) is 16.0. The second kappa shape index (κ2) is 6.53. The highest BCUT2D eigenvalue weighted by Crippen LogP contribution is 2.58. The second-order valence-electron chi connectivity index (χ2n) is 8.21. The molecule has 136 valence electrons. The van der Waals surface area contributed by atoms with Crippen LogP contribution >= 0.6 is 0 Å². The quantitative estimate of drug-likeness (QED) is 0.893. The lowest BCUT2D eigenvalue weighted by Gasteiger charge is -2.32. The number of aromatic nitrogens is 2. The van der Waals surface area contributed by atoms with Crippen LogP contribution in [0, 0.1) is 23.7 Å². The summed E-state index contributed by atoms with van der Waals surface area (Å²) in [6.45, 7) is 0. The van der Waals surface area contributed by atoms with Gasteiger partial charge < -0.3 is 9.84 Å². The molecule has 3 aliphatic carbocycles. The van der Waals surface area contributed by atoms with Gasteiger partial charge in [0.1, 0.15) is 0 Å². The van der Waals surface area contributed by atoms with E-state index < -0.39 is 0 Å². The van der Waals surface area contributed by atoms with Crippen molar-refractivity contribution < 1.29 is 9.32 Å². The number of carbonyl (C=O) groups is 1. The highest BCUT2D eigenvalue weighted by molar-refractivity contribution is 5.76. The predicted octanol–water partition coefficient (Wildman–Crippen LogP) is 3.61. The largest absolute Gasteiger partial charge is 0.353 e. The van der Waals surface area contributed by atoms with Crippen molar-refractivity contribution >= 4 is 5.91 Å². The third-order valence-electron chi connectivity index (χ3n) is 6.84. The lowest BCUT2D eigenvalue weighted by molar-refractivity contribution is -0.122. The minimum atomic E-state index is 0.122. The number of aryl methyl sites for hydroxylation is 1. The minimum Gasteiger partial charge on any atom is -0.353 e. The summed E-state index contributed by atoms with van der Waals surface area (Å²) < 4.78 is 5.30. The van der Waals surface area contributed by atoms with Gasteiger partial charge in [0.2, 0.25) is 17.6 Å². The highest BCUT2D eigenvalue weighted by Gasteiger charge is 2.53. The van der Waals surface area contributed by atoms with Gasteiger partial charge in [0.15, 0.2) is 0 Å². The summed E-state index contributed by atoms with van der Waals surface area (Å²) in [6, 6.07) is 10.2. The first-order valence-electron chi connectivity index (χ1n) is 9.95. The van der Waals surface area contributed by atoms with Gasteiger partial charge in [-0.25, -0.2) is 0 Å². The fraction of sp³-hybridized carbons (Fsp3) is 0.571. The van der Waals surface area contributed by atoms with Crippen molar-refractivity contribution in [2.24, 2.45) is 23.7 Å². The Labute approximate surface area is 153 Å². The Hall–Kier alpha value is -2.17. The number of amides is 1. The van der Waals surface area contributed by atoms with Crippen molar-refractivity contribution in [3.05, 3.63) is 36.2 Å². The predicted molar refractivity (Wildman–Crippen MR) is 97.0 cm³/mol. The summed E-state index contributed by atoms with van der Waals surface area (Å²) in [7, 11) is 0. The molecule has 2 aromatic rings. The van der Waals surface area contributed by atoms with Gasteiger partial charge in [-0.1, -0.05) is 41.9 Å². The van der Waals surface area contributed by atoms with Gasteiger partial charge in [0, 0.05) is 24.4 Å². The SMILES string of the molecule is O=C(CCc1nc(-c2ccccc2)no1)N[C@@H]1C[C@H]2C[C@H]1[C@@H]1CCC[C@H]21. The Morgan fingerprint density at radius 2 is 1.96 bits per heavy atom. The molecule has 1 aromatic carbocycles. The molecule has 0 aliphatic heterocycles. The first-order chi connectivity index (χ1) is 12.8. The average Bonchev–Trinajstić information content (AvgIpc) is 3.42. The molecule has 2 bridgehead atoms. The smallest absolute Gasteiger partial charge is 0.227 e. The van der Waals surface area contributed by atoms with Crippen LogP contribution < -0.4 is 5.32 Å². The molecular weight excluding hydrogens is 326 g/mol. The van der Waals surface area contributed by atoms with E-state index in [1.165, 1.54) is 32.1 Å². The van der Waals surface area contributed by atoms with Crippen LogP contribution in [0.2, 0.25) is 0 Å². The third kappa shape index (κ3) is 2.83. The van der Waals surface area contributed by atoms with Crippen LogP contribution in [0.5, 0.6) is 0 Å². The normalized spacial score (nSPS) is 31.9. The lowest BCUT2D eigenvalue weighted by Crippen LogP contribution is -2.42. The van der Waals surface area contributed by atoms with Gasteiger partial charge in [-0.2, -0.15) is 4.98 Å². The Morgan fingerprint density at radius 1 is 1.12 bits per heavy atom. The van der Waals surface area contributed by atoms with Crippen LogP contribution in [0.3, 0.4) is 0 Å². The van der Waals surface area contributed by atoms with Gasteiger partial charge in [-0.05, 0) is 49.4 Å². The Kier molecular flexibility index (Phi) is 4.03. The van der Waals surface area contributed by atoms with E-state index in [1.807, 2.05) is 30.3 Å². The second-order valence-corrected chi connectivity index (χ2v) is 8.21. The topological polar surface area (TPSA) is 68.0 Å². The van der Waals surface area contributed by atoms with Gasteiger partial charge in [0.05, 0.1) is 0 Å². The molecule has 3 aliphatic rings. The van der Waals surface area contributed by atoms with Crippen molar-refractivity contribution in [1.82, 2.24) is 15.5 Å². The monoisotopic (exact) mass is 351 g/mol. The summed E-state index contributed by atoms with van der Waals surface area (Å²) in [4.78, 5) is 16.8. The summed E-state index contributed by atoms with van der Waals surface area (Å²) in [5.41, 5.74) is 0.931. The fourth-order valence-corrected chi connectivity index (χ4v) is 5.79. The molecule has 1 aromatic heterocycles. The fourth-order valence-electron chi connectivity index (χ4n) is 5.79. The van der Waals surface area contributed by atoms with E-state index in [-0.39, 0.29) is 5.91 Å². The number of nitrogens with one attached hydrogen (secondary N) is 1. The molecule has 5 heteroatoms. The third-order valence-corrected chi connectivity index (χ3v) is 6.84. The molecule has 5 nitrogen and oxygen atoms in total. The maximum atomic E-state index is 12.4. The lowest BCUT2D eigenvalue weighted by atomic mass is 9.79. The van der Waals surface area contributed by atoms with Gasteiger partial charge >= 0.3 is 0 Å². The van der Waals surface area contributed by atoms with Crippen LogP contribution in [0.4, 0.5) is 0 Å². The minimum absolute atomic E-state index is 0.122. The van der Waals surface area contributed by atoms with E-state index in [0.717, 1.165) is 29.2 Å². The molecule has 0 saturated heterocycles. The van der Waals surface area contributed by atoms with Crippen molar-refractivity contribution in [3.63, 3.8) is 0 Å². The molecule has 5 atom stereocenters. The maximum Gasteiger partial charge on any atom is 0.227 e. The Bertz CT molecular complexity index is 788. The van der Waals surface area contributed by atoms with E-state index in [9.17, 15) is 4.79 Å². The standard InChI is InChI=1S/C21H25N3O2/c25-19(22-18-12-14-11-17(18)16-8-4-7-15(14)16)9-10-20-23-21(24-26-20)13-5-2-1-3-6-13/h1-3,5-6,14-18H,4,7-12H2,(H,22,25)/t14-,15-,16-,17+,18-/m1/s1. The van der Waals surface area contributed by atoms with Crippen molar-refractivity contribution in [2.75, 3.05) is 0 Å². The molecule has 26 heavy (non-hydrogen) atoms. The zero-order chi connectivity index (χ0) is 17.5. The number of fused-ring (bicyclic) bond motifs is 5. The molecule has 5 rings (SSSR count). The van der Waals surface area contributed by atoms with E-state index in [2.05, 4.69) is 15.5 Å². The maximum absolute atomic E-state index is 12.4. The number of hydrogen-bond acceptors (Lipinski definition) is 4. The van der Waals surface area contributed by atoms with E-state index in [4.69, 9.17) is 4.52 Å². The first-order valence-corrected chi connectivity index (χ1v) is 9.95. The van der Waals surface area contributed by atoms with Gasteiger partial charge in [-0.15, -0.1) is 0 Å². The van der Waals surface area contributed by atoms with Gasteiger partial charge in [-0.3, -0.25) is 4.79 Å². The number of rotatable bonds is 5. The van der Waals surface area contributed by atoms with Crippen molar-refractivity contribution in [1.29, 1.82) is 0 Å². The molecule has 0 radical (unpaired) electrons. The number of carbonyl (C=O) groups excluding carboxylic acids is 1. The molecular formula is C21H25N3O2. The summed E-state index contributed by atoms with van der Waals surface area (Å²) in [5.74, 6) is 4.67. The molecule has 0 spiro atoms.